The Bertz CT molecular complexity index is 675. The van der Waals surface area contributed by atoms with Crippen LogP contribution in [-0.4, -0.2) is 41.4 Å². The van der Waals surface area contributed by atoms with Gasteiger partial charge in [-0.1, -0.05) is 19.4 Å². The maximum absolute atomic E-state index is 13.0. The molecule has 25 heavy (non-hydrogen) atoms. The Morgan fingerprint density at radius 2 is 2.08 bits per heavy atom. The molecule has 1 N–H and O–H groups in total. The van der Waals surface area contributed by atoms with Gasteiger partial charge < -0.3 is 4.74 Å². The molecule has 0 unspecified atom stereocenters. The summed E-state index contributed by atoms with van der Waals surface area (Å²) in [5.74, 6) is -2.13. The van der Waals surface area contributed by atoms with Crippen molar-refractivity contribution in [3.8, 4) is 0 Å². The molecule has 7 heteroatoms. The zero-order valence-corrected chi connectivity index (χ0v) is 15.6. The maximum Gasteiger partial charge on any atom is 0.327 e. The van der Waals surface area contributed by atoms with Gasteiger partial charge in [-0.25, -0.2) is 0 Å². The highest BCUT2D eigenvalue weighted by molar-refractivity contribution is 7.10. The summed E-state index contributed by atoms with van der Waals surface area (Å²) in [5, 5.41) is 5.31. The minimum absolute atomic E-state index is 0.189. The van der Waals surface area contributed by atoms with Gasteiger partial charge in [-0.05, 0) is 31.7 Å². The maximum atomic E-state index is 13.0. The monoisotopic (exact) mass is 364 g/mol. The molecule has 1 aromatic heterocycles. The second-order valence-electron chi connectivity index (χ2n) is 6.50. The predicted molar refractivity (Wildman–Crippen MR) is 93.8 cm³/mol. The van der Waals surface area contributed by atoms with Crippen LogP contribution in [0.25, 0.3) is 0 Å². The number of hydrogen-bond donors (Lipinski definition) is 1. The number of fused-ring (bicyclic) bond motifs is 1. The van der Waals surface area contributed by atoms with E-state index in [1.54, 1.807) is 13.8 Å². The van der Waals surface area contributed by atoms with Gasteiger partial charge in [0.2, 0.25) is 11.8 Å². The highest BCUT2D eigenvalue weighted by Crippen LogP contribution is 2.51. The van der Waals surface area contributed by atoms with Crippen molar-refractivity contribution in [2.24, 2.45) is 11.8 Å². The molecular formula is C18H24N2O4S. The van der Waals surface area contributed by atoms with Gasteiger partial charge in [0, 0.05) is 11.4 Å². The molecule has 2 fully saturated rings. The number of amides is 2. The Kier molecular flexibility index (Phi) is 4.97. The van der Waals surface area contributed by atoms with Crippen LogP contribution in [0.4, 0.5) is 0 Å². The van der Waals surface area contributed by atoms with Crippen LogP contribution >= 0.6 is 11.3 Å². The number of rotatable bonds is 6. The largest absolute Gasteiger partial charge is 0.465 e. The Labute approximate surface area is 151 Å². The number of hydrogen-bond acceptors (Lipinski definition) is 6. The standard InChI is InChI=1S/C18H24N2O4S/c1-4-9-18(17(23)24-6-3)13-12(15(21)20(5-2)16(13)22)14(19-18)11-8-7-10-25-11/h7-8,10,12-14,19H,4-6,9H2,1-3H3/t12-,13-,14-,18-/m0/s1. The molecule has 0 aromatic carbocycles. The van der Waals surface area contributed by atoms with Crippen molar-refractivity contribution in [2.75, 3.05) is 13.2 Å². The molecule has 3 heterocycles. The van der Waals surface area contributed by atoms with E-state index in [0.717, 1.165) is 4.88 Å². The molecule has 0 spiro atoms. The van der Waals surface area contributed by atoms with E-state index >= 15 is 0 Å². The van der Waals surface area contributed by atoms with Crippen molar-refractivity contribution < 1.29 is 19.1 Å². The van der Waals surface area contributed by atoms with Crippen LogP contribution in [0.2, 0.25) is 0 Å². The fourth-order valence-corrected chi connectivity index (χ4v) is 5.08. The number of ether oxygens (including phenoxy) is 1. The van der Waals surface area contributed by atoms with E-state index in [1.807, 2.05) is 24.4 Å². The summed E-state index contributed by atoms with van der Waals surface area (Å²) in [6, 6.07) is 3.52. The first-order valence-electron chi connectivity index (χ1n) is 8.85. The van der Waals surface area contributed by atoms with E-state index in [-0.39, 0.29) is 24.5 Å². The second kappa shape index (κ2) is 6.88. The second-order valence-corrected chi connectivity index (χ2v) is 7.48. The molecule has 1 aromatic rings. The van der Waals surface area contributed by atoms with E-state index in [1.165, 1.54) is 16.2 Å². The minimum Gasteiger partial charge on any atom is -0.465 e. The summed E-state index contributed by atoms with van der Waals surface area (Å²) < 4.78 is 5.33. The first-order chi connectivity index (χ1) is 12.0. The lowest BCUT2D eigenvalue weighted by atomic mass is 9.77. The van der Waals surface area contributed by atoms with Crippen LogP contribution in [0, 0.1) is 11.8 Å². The summed E-state index contributed by atoms with van der Waals surface area (Å²) in [6.07, 6.45) is 1.17. The molecule has 3 rings (SSSR count). The third kappa shape index (κ3) is 2.60. The third-order valence-electron chi connectivity index (χ3n) is 5.20. The lowest BCUT2D eigenvalue weighted by Crippen LogP contribution is -2.56. The quantitative estimate of drug-likeness (QED) is 0.618. The van der Waals surface area contributed by atoms with Gasteiger partial charge in [-0.3, -0.25) is 24.6 Å². The van der Waals surface area contributed by atoms with E-state index in [4.69, 9.17) is 4.74 Å². The zero-order valence-electron chi connectivity index (χ0n) is 14.8. The van der Waals surface area contributed by atoms with Gasteiger partial charge in [0.05, 0.1) is 24.5 Å². The molecule has 2 amide bonds. The van der Waals surface area contributed by atoms with Crippen molar-refractivity contribution in [2.45, 2.75) is 45.2 Å². The molecular weight excluding hydrogens is 340 g/mol. The number of carbonyl (C=O) groups is 3. The van der Waals surface area contributed by atoms with Gasteiger partial charge in [0.25, 0.3) is 0 Å². The molecule has 136 valence electrons. The molecule has 4 atom stereocenters. The van der Waals surface area contributed by atoms with E-state index in [9.17, 15) is 14.4 Å². The Morgan fingerprint density at radius 3 is 2.64 bits per heavy atom. The SMILES string of the molecule is CCC[C@]1(C(=O)OCC)N[C@@H](c2cccs2)[C@H]2C(=O)N(CC)C(=O)[C@H]21. The molecule has 0 radical (unpaired) electrons. The molecule has 2 aliphatic rings. The Balaban J connectivity index is 2.11. The fraction of sp³-hybridized carbons (Fsp3) is 0.611. The smallest absolute Gasteiger partial charge is 0.327 e. The molecule has 0 bridgehead atoms. The van der Waals surface area contributed by atoms with Crippen LogP contribution < -0.4 is 5.32 Å². The summed E-state index contributed by atoms with van der Waals surface area (Å²) in [6.45, 7) is 6.07. The average Bonchev–Trinajstić information content (AvgIpc) is 3.26. The van der Waals surface area contributed by atoms with Crippen molar-refractivity contribution in [1.82, 2.24) is 10.2 Å². The van der Waals surface area contributed by atoms with Gasteiger partial charge in [0.1, 0.15) is 5.54 Å². The minimum atomic E-state index is -1.14. The van der Waals surface area contributed by atoms with Crippen LogP contribution in [0.3, 0.4) is 0 Å². The normalized spacial score (nSPS) is 31.5. The lowest BCUT2D eigenvalue weighted by molar-refractivity contribution is -0.156. The van der Waals surface area contributed by atoms with Gasteiger partial charge in [0.15, 0.2) is 0 Å². The molecule has 6 nitrogen and oxygen atoms in total. The number of thiophene rings is 1. The summed E-state index contributed by atoms with van der Waals surface area (Å²) in [7, 11) is 0. The fourth-order valence-electron chi connectivity index (χ4n) is 4.26. The van der Waals surface area contributed by atoms with Crippen LogP contribution in [-0.2, 0) is 19.1 Å². The van der Waals surface area contributed by atoms with E-state index in [2.05, 4.69) is 5.32 Å². The van der Waals surface area contributed by atoms with Crippen molar-refractivity contribution in [1.29, 1.82) is 0 Å². The first-order valence-corrected chi connectivity index (χ1v) is 9.73. The summed E-state index contributed by atoms with van der Waals surface area (Å²) in [5.41, 5.74) is -1.14. The third-order valence-corrected chi connectivity index (χ3v) is 6.15. The summed E-state index contributed by atoms with van der Waals surface area (Å²) >= 11 is 1.53. The van der Waals surface area contributed by atoms with Crippen LogP contribution in [0.1, 0.15) is 44.5 Å². The first kappa shape index (κ1) is 18.1. The van der Waals surface area contributed by atoms with Gasteiger partial charge >= 0.3 is 5.97 Å². The van der Waals surface area contributed by atoms with E-state index in [0.29, 0.717) is 19.4 Å². The van der Waals surface area contributed by atoms with Gasteiger partial charge in [-0.15, -0.1) is 11.3 Å². The predicted octanol–water partition coefficient (Wildman–Crippen LogP) is 2.12. The number of carbonyl (C=O) groups excluding carboxylic acids is 3. The van der Waals surface area contributed by atoms with Gasteiger partial charge in [-0.2, -0.15) is 0 Å². The lowest BCUT2D eigenvalue weighted by Gasteiger charge is -2.32. The molecule has 2 aliphatic heterocycles. The number of esters is 1. The number of imide groups is 1. The topological polar surface area (TPSA) is 75.7 Å². The van der Waals surface area contributed by atoms with E-state index < -0.39 is 23.3 Å². The Morgan fingerprint density at radius 1 is 1.32 bits per heavy atom. The van der Waals surface area contributed by atoms with Crippen molar-refractivity contribution in [3.63, 3.8) is 0 Å². The molecule has 0 saturated carbocycles. The number of nitrogens with zero attached hydrogens (tertiary/aromatic N) is 1. The summed E-state index contributed by atoms with van der Waals surface area (Å²) in [4.78, 5) is 41.1. The number of likely N-dealkylation sites (tertiary alicyclic amines) is 1. The van der Waals surface area contributed by atoms with Crippen LogP contribution in [0.15, 0.2) is 17.5 Å². The Hall–Kier alpha value is -1.73. The molecule has 0 aliphatic carbocycles. The zero-order chi connectivity index (χ0) is 18.2. The van der Waals surface area contributed by atoms with Crippen LogP contribution in [0.5, 0.6) is 0 Å². The number of nitrogens with one attached hydrogen (secondary N) is 1. The van der Waals surface area contributed by atoms with Crippen molar-refractivity contribution in [3.05, 3.63) is 22.4 Å². The van der Waals surface area contributed by atoms with Crippen molar-refractivity contribution >= 4 is 29.1 Å². The highest BCUT2D eigenvalue weighted by atomic mass is 32.1. The average molecular weight is 364 g/mol. The molecule has 2 saturated heterocycles. The highest BCUT2D eigenvalue weighted by Gasteiger charge is 2.68.